The molecule has 0 amide bonds. The van der Waals surface area contributed by atoms with Crippen LogP contribution in [0, 0.1) is 5.82 Å². The first kappa shape index (κ1) is 16.9. The minimum absolute atomic E-state index is 0.00451. The molecule has 0 bridgehead atoms. The van der Waals surface area contributed by atoms with Crippen molar-refractivity contribution in [1.82, 2.24) is 4.90 Å². The quantitative estimate of drug-likeness (QED) is 0.818. The van der Waals surface area contributed by atoms with Gasteiger partial charge in [-0.15, -0.1) is 0 Å². The SMILES string of the molecule is CC(c1cc(Br)ccc1F)N(CC(=O)O)CC(F)(F)F. The molecule has 0 saturated carbocycles. The molecule has 1 unspecified atom stereocenters. The summed E-state index contributed by atoms with van der Waals surface area (Å²) in [6.07, 6.45) is -4.56. The molecule has 0 heterocycles. The Labute approximate surface area is 121 Å². The highest BCUT2D eigenvalue weighted by Crippen LogP contribution is 2.28. The Kier molecular flexibility index (Phi) is 5.52. The van der Waals surface area contributed by atoms with E-state index in [1.54, 1.807) is 0 Å². The van der Waals surface area contributed by atoms with Crippen molar-refractivity contribution in [2.75, 3.05) is 13.1 Å². The van der Waals surface area contributed by atoms with E-state index >= 15 is 0 Å². The molecule has 112 valence electrons. The van der Waals surface area contributed by atoms with Crippen LogP contribution in [0.15, 0.2) is 22.7 Å². The van der Waals surface area contributed by atoms with E-state index < -0.39 is 37.1 Å². The monoisotopic (exact) mass is 357 g/mol. The van der Waals surface area contributed by atoms with Crippen molar-refractivity contribution < 1.29 is 27.5 Å². The largest absolute Gasteiger partial charge is 0.480 e. The molecule has 0 aliphatic heterocycles. The highest BCUT2D eigenvalue weighted by molar-refractivity contribution is 9.10. The fourth-order valence-electron chi connectivity index (χ4n) is 1.77. The summed E-state index contributed by atoms with van der Waals surface area (Å²) in [5.74, 6) is -2.09. The summed E-state index contributed by atoms with van der Waals surface area (Å²) in [5.41, 5.74) is 0.00451. The number of carboxylic acids is 1. The molecule has 0 aliphatic carbocycles. The van der Waals surface area contributed by atoms with E-state index in [9.17, 15) is 22.4 Å². The second-order valence-corrected chi connectivity index (χ2v) is 5.17. The number of hydrogen-bond acceptors (Lipinski definition) is 2. The molecule has 3 nitrogen and oxygen atoms in total. The molecule has 0 aliphatic rings. The van der Waals surface area contributed by atoms with Gasteiger partial charge < -0.3 is 5.11 Å². The summed E-state index contributed by atoms with van der Waals surface area (Å²) in [6.45, 7) is -0.918. The molecule has 0 saturated heterocycles. The summed E-state index contributed by atoms with van der Waals surface area (Å²) in [5, 5.41) is 8.69. The minimum atomic E-state index is -4.56. The molecule has 0 radical (unpaired) electrons. The fourth-order valence-corrected chi connectivity index (χ4v) is 2.14. The lowest BCUT2D eigenvalue weighted by molar-refractivity contribution is -0.158. The standard InChI is InChI=1S/C12H12BrF4NO2/c1-7(9-4-8(13)2-3-10(9)14)18(5-11(19)20)6-12(15,16)17/h2-4,7H,5-6H2,1H3,(H,19,20). The van der Waals surface area contributed by atoms with Crippen LogP contribution < -0.4 is 0 Å². The maximum absolute atomic E-state index is 13.7. The number of benzene rings is 1. The molecular weight excluding hydrogens is 346 g/mol. The van der Waals surface area contributed by atoms with Gasteiger partial charge in [0.15, 0.2) is 0 Å². The zero-order chi connectivity index (χ0) is 15.5. The predicted molar refractivity (Wildman–Crippen MR) is 67.8 cm³/mol. The molecule has 0 spiro atoms. The van der Waals surface area contributed by atoms with E-state index in [2.05, 4.69) is 15.9 Å². The highest BCUT2D eigenvalue weighted by Gasteiger charge is 2.34. The van der Waals surface area contributed by atoms with Crippen molar-refractivity contribution in [2.24, 2.45) is 0 Å². The number of hydrogen-bond donors (Lipinski definition) is 1. The van der Waals surface area contributed by atoms with Gasteiger partial charge in [0.2, 0.25) is 0 Å². The van der Waals surface area contributed by atoms with E-state index in [0.717, 1.165) is 6.07 Å². The summed E-state index contributed by atoms with van der Waals surface area (Å²) in [4.78, 5) is 11.3. The van der Waals surface area contributed by atoms with E-state index in [1.165, 1.54) is 19.1 Å². The molecule has 0 aromatic heterocycles. The van der Waals surface area contributed by atoms with Crippen LogP contribution in [0.1, 0.15) is 18.5 Å². The molecule has 1 atom stereocenters. The van der Waals surface area contributed by atoms with Crippen molar-refractivity contribution in [3.8, 4) is 0 Å². The number of alkyl halides is 3. The van der Waals surface area contributed by atoms with Crippen molar-refractivity contribution in [1.29, 1.82) is 0 Å². The zero-order valence-electron chi connectivity index (χ0n) is 10.4. The smallest absolute Gasteiger partial charge is 0.401 e. The van der Waals surface area contributed by atoms with E-state index in [-0.39, 0.29) is 5.56 Å². The van der Waals surface area contributed by atoms with E-state index in [0.29, 0.717) is 9.37 Å². The summed E-state index contributed by atoms with van der Waals surface area (Å²) < 4.78 is 51.6. The number of aliphatic carboxylic acids is 1. The second kappa shape index (κ2) is 6.53. The fraction of sp³-hybridized carbons (Fsp3) is 0.417. The van der Waals surface area contributed by atoms with Gasteiger partial charge in [-0.2, -0.15) is 13.2 Å². The van der Waals surface area contributed by atoms with Gasteiger partial charge in [0, 0.05) is 16.1 Å². The first-order valence-corrected chi connectivity index (χ1v) is 6.37. The molecule has 20 heavy (non-hydrogen) atoms. The number of rotatable bonds is 5. The Balaban J connectivity index is 3.05. The van der Waals surface area contributed by atoms with Crippen molar-refractivity contribution in [3.63, 3.8) is 0 Å². The van der Waals surface area contributed by atoms with Crippen LogP contribution in [0.25, 0.3) is 0 Å². The van der Waals surface area contributed by atoms with Crippen molar-refractivity contribution in [2.45, 2.75) is 19.1 Å². The van der Waals surface area contributed by atoms with Gasteiger partial charge in [-0.1, -0.05) is 15.9 Å². The molecule has 1 aromatic carbocycles. The number of carbonyl (C=O) groups is 1. The maximum Gasteiger partial charge on any atom is 0.401 e. The Bertz CT molecular complexity index is 493. The summed E-state index contributed by atoms with van der Waals surface area (Å²) in [6, 6.07) is 2.84. The third kappa shape index (κ3) is 5.09. The highest BCUT2D eigenvalue weighted by atomic mass is 79.9. The van der Waals surface area contributed by atoms with Crippen LogP contribution in [0.5, 0.6) is 0 Å². The first-order chi connectivity index (χ1) is 9.10. The normalized spacial score (nSPS) is 13.6. The number of nitrogens with zero attached hydrogens (tertiary/aromatic N) is 1. The van der Waals surface area contributed by atoms with Crippen LogP contribution in [0.2, 0.25) is 0 Å². The van der Waals surface area contributed by atoms with E-state index in [4.69, 9.17) is 5.11 Å². The Morgan fingerprint density at radius 1 is 1.45 bits per heavy atom. The van der Waals surface area contributed by atoms with Gasteiger partial charge in [-0.3, -0.25) is 9.69 Å². The van der Waals surface area contributed by atoms with Gasteiger partial charge >= 0.3 is 12.1 Å². The Morgan fingerprint density at radius 3 is 2.55 bits per heavy atom. The molecule has 1 rings (SSSR count). The third-order valence-electron chi connectivity index (χ3n) is 2.68. The average molecular weight is 358 g/mol. The van der Waals surface area contributed by atoms with Gasteiger partial charge in [0.05, 0.1) is 13.1 Å². The summed E-state index contributed by atoms with van der Waals surface area (Å²) >= 11 is 3.10. The molecule has 1 N–H and O–H groups in total. The first-order valence-electron chi connectivity index (χ1n) is 5.57. The van der Waals surface area contributed by atoms with E-state index in [1.807, 2.05) is 0 Å². The number of halogens is 5. The van der Waals surface area contributed by atoms with Gasteiger partial charge in [0.1, 0.15) is 5.82 Å². The predicted octanol–water partition coefficient (Wildman–Crippen LogP) is 3.60. The lowest BCUT2D eigenvalue weighted by Gasteiger charge is -2.29. The van der Waals surface area contributed by atoms with Crippen LogP contribution in [0.3, 0.4) is 0 Å². The van der Waals surface area contributed by atoms with Crippen LogP contribution in [-0.4, -0.2) is 35.2 Å². The van der Waals surface area contributed by atoms with Crippen molar-refractivity contribution in [3.05, 3.63) is 34.1 Å². The molecule has 8 heteroatoms. The third-order valence-corrected chi connectivity index (χ3v) is 3.17. The van der Waals surface area contributed by atoms with Gasteiger partial charge in [0.25, 0.3) is 0 Å². The second-order valence-electron chi connectivity index (χ2n) is 4.26. The molecule has 0 fully saturated rings. The topological polar surface area (TPSA) is 40.5 Å². The minimum Gasteiger partial charge on any atom is -0.480 e. The Morgan fingerprint density at radius 2 is 2.05 bits per heavy atom. The average Bonchev–Trinajstić information content (AvgIpc) is 2.28. The zero-order valence-corrected chi connectivity index (χ0v) is 12.0. The molecular formula is C12H12BrF4NO2. The Hall–Kier alpha value is -1.15. The lowest BCUT2D eigenvalue weighted by Crippen LogP contribution is -2.39. The van der Waals surface area contributed by atoms with Crippen LogP contribution >= 0.6 is 15.9 Å². The van der Waals surface area contributed by atoms with Gasteiger partial charge in [-0.05, 0) is 25.1 Å². The maximum atomic E-state index is 13.7. The lowest BCUT2D eigenvalue weighted by atomic mass is 10.1. The summed E-state index contributed by atoms with van der Waals surface area (Å²) in [7, 11) is 0. The number of carboxylic acid groups (broad SMARTS) is 1. The molecule has 1 aromatic rings. The van der Waals surface area contributed by atoms with Crippen LogP contribution in [0.4, 0.5) is 17.6 Å². The van der Waals surface area contributed by atoms with Crippen LogP contribution in [-0.2, 0) is 4.79 Å². The van der Waals surface area contributed by atoms with Crippen molar-refractivity contribution >= 4 is 21.9 Å². The van der Waals surface area contributed by atoms with Gasteiger partial charge in [-0.25, -0.2) is 4.39 Å².